The highest BCUT2D eigenvalue weighted by atomic mass is 16.1. The molecule has 4 heterocycles. The Balaban J connectivity index is 1.30. The maximum absolute atomic E-state index is 12.4. The fourth-order valence-electron chi connectivity index (χ4n) is 3.95. The molecule has 0 unspecified atom stereocenters. The maximum Gasteiger partial charge on any atom is 0.252 e. The molecule has 0 saturated carbocycles. The smallest absolute Gasteiger partial charge is 0.252 e. The summed E-state index contributed by atoms with van der Waals surface area (Å²) in [5.41, 5.74) is 3.84. The lowest BCUT2D eigenvalue weighted by molar-refractivity contribution is 0.0951. The van der Waals surface area contributed by atoms with E-state index in [9.17, 15) is 4.79 Å². The van der Waals surface area contributed by atoms with Crippen LogP contribution in [0.4, 0.5) is 0 Å². The zero-order valence-corrected chi connectivity index (χ0v) is 17.4. The van der Waals surface area contributed by atoms with Crippen LogP contribution in [0, 0.1) is 6.92 Å². The van der Waals surface area contributed by atoms with Crippen LogP contribution in [-0.4, -0.2) is 50.2 Å². The second-order valence-corrected chi connectivity index (χ2v) is 7.82. The number of likely N-dealkylation sites (tertiary alicyclic amines) is 1. The molecule has 0 aliphatic carbocycles. The summed E-state index contributed by atoms with van der Waals surface area (Å²) < 4.78 is 1.88. The van der Waals surface area contributed by atoms with Crippen molar-refractivity contribution in [2.24, 2.45) is 0 Å². The first-order chi connectivity index (χ1) is 14.7. The van der Waals surface area contributed by atoms with E-state index in [1.165, 1.54) is 0 Å². The third kappa shape index (κ3) is 5.10. The van der Waals surface area contributed by atoms with Gasteiger partial charge in [0.05, 0.1) is 17.8 Å². The van der Waals surface area contributed by atoms with Crippen LogP contribution in [-0.2, 0) is 13.1 Å². The lowest BCUT2D eigenvalue weighted by Crippen LogP contribution is -2.34. The molecular weight excluding hydrogens is 376 g/mol. The normalized spacial score (nSPS) is 17.0. The van der Waals surface area contributed by atoms with Gasteiger partial charge in [-0.3, -0.25) is 24.3 Å². The number of piperidine rings is 1. The molecule has 1 amide bonds. The predicted octanol–water partition coefficient (Wildman–Crippen LogP) is 2.79. The predicted molar refractivity (Wildman–Crippen MR) is 115 cm³/mol. The Morgan fingerprint density at radius 2 is 2.10 bits per heavy atom. The van der Waals surface area contributed by atoms with Crippen molar-refractivity contribution in [3.63, 3.8) is 0 Å². The molecule has 1 N–H and O–H groups in total. The molecule has 0 aromatic carbocycles. The van der Waals surface area contributed by atoms with Crippen LogP contribution in [0.1, 0.15) is 46.2 Å². The van der Waals surface area contributed by atoms with Crippen molar-refractivity contribution >= 4 is 5.91 Å². The van der Waals surface area contributed by atoms with Gasteiger partial charge >= 0.3 is 0 Å². The van der Waals surface area contributed by atoms with E-state index >= 15 is 0 Å². The van der Waals surface area contributed by atoms with Crippen molar-refractivity contribution in [1.82, 2.24) is 30.0 Å². The summed E-state index contributed by atoms with van der Waals surface area (Å²) in [6, 6.07) is 11.9. The van der Waals surface area contributed by atoms with E-state index in [-0.39, 0.29) is 5.91 Å². The fourth-order valence-corrected chi connectivity index (χ4v) is 3.95. The minimum Gasteiger partial charge on any atom is -0.350 e. The highest BCUT2D eigenvalue weighted by molar-refractivity contribution is 5.93. The highest BCUT2D eigenvalue weighted by Crippen LogP contribution is 2.26. The number of hydrogen-bond donors (Lipinski definition) is 1. The summed E-state index contributed by atoms with van der Waals surface area (Å²) in [5.74, 6) is 0.293. The van der Waals surface area contributed by atoms with Crippen LogP contribution >= 0.6 is 0 Å². The van der Waals surface area contributed by atoms with Gasteiger partial charge in [0.1, 0.15) is 0 Å². The van der Waals surface area contributed by atoms with Gasteiger partial charge in [-0.25, -0.2) is 0 Å². The lowest BCUT2D eigenvalue weighted by atomic mass is 9.94. The largest absolute Gasteiger partial charge is 0.350 e. The van der Waals surface area contributed by atoms with Gasteiger partial charge in [-0.05, 0) is 56.6 Å². The number of carbonyl (C=O) groups is 1. The van der Waals surface area contributed by atoms with Gasteiger partial charge in [-0.1, -0.05) is 6.07 Å². The molecule has 4 rings (SSSR count). The van der Waals surface area contributed by atoms with E-state index in [0.29, 0.717) is 24.6 Å². The van der Waals surface area contributed by atoms with Gasteiger partial charge in [0.2, 0.25) is 0 Å². The van der Waals surface area contributed by atoms with Crippen molar-refractivity contribution in [3.8, 4) is 0 Å². The van der Waals surface area contributed by atoms with Crippen LogP contribution in [0.2, 0.25) is 0 Å². The van der Waals surface area contributed by atoms with Gasteiger partial charge in [-0.15, -0.1) is 0 Å². The molecule has 3 aromatic rings. The molecule has 1 fully saturated rings. The van der Waals surface area contributed by atoms with Crippen molar-refractivity contribution in [2.75, 3.05) is 19.6 Å². The summed E-state index contributed by atoms with van der Waals surface area (Å²) in [4.78, 5) is 23.9. The van der Waals surface area contributed by atoms with Crippen LogP contribution in [0.3, 0.4) is 0 Å². The second-order valence-electron chi connectivity index (χ2n) is 7.82. The van der Waals surface area contributed by atoms with Gasteiger partial charge in [0, 0.05) is 55.5 Å². The number of amides is 1. The standard InChI is InChI=1S/C23H28N6O/c1-18-9-11-27-29(18)14-12-25-23(30)19-7-8-22(26-15-19)20-5-4-13-28(16-20)17-21-6-2-3-10-24-21/h2-3,6-11,15,20H,4-5,12-14,16-17H2,1H3,(H,25,30)/t20-/m0/s1. The van der Waals surface area contributed by atoms with E-state index in [1.54, 1.807) is 12.4 Å². The fraction of sp³-hybridized carbons (Fsp3) is 0.391. The third-order valence-electron chi connectivity index (χ3n) is 5.62. The zero-order chi connectivity index (χ0) is 20.8. The summed E-state index contributed by atoms with van der Waals surface area (Å²) in [6.07, 6.45) is 7.58. The molecule has 156 valence electrons. The minimum atomic E-state index is -0.0979. The number of aromatic nitrogens is 4. The molecule has 1 aliphatic heterocycles. The molecule has 0 radical (unpaired) electrons. The monoisotopic (exact) mass is 404 g/mol. The van der Waals surface area contributed by atoms with E-state index in [1.807, 2.05) is 48.1 Å². The van der Waals surface area contributed by atoms with Gasteiger partial charge in [0.15, 0.2) is 0 Å². The van der Waals surface area contributed by atoms with E-state index < -0.39 is 0 Å². The summed E-state index contributed by atoms with van der Waals surface area (Å²) >= 11 is 0. The number of nitrogens with zero attached hydrogens (tertiary/aromatic N) is 5. The first-order valence-electron chi connectivity index (χ1n) is 10.5. The van der Waals surface area contributed by atoms with Crippen LogP contribution < -0.4 is 5.32 Å². The quantitative estimate of drug-likeness (QED) is 0.655. The van der Waals surface area contributed by atoms with Crippen LogP contribution in [0.25, 0.3) is 0 Å². The Kier molecular flexibility index (Phi) is 6.49. The summed E-state index contributed by atoms with van der Waals surface area (Å²) in [6.45, 7) is 6.12. The molecule has 0 spiro atoms. The van der Waals surface area contributed by atoms with Crippen molar-refractivity contribution in [2.45, 2.75) is 38.8 Å². The van der Waals surface area contributed by atoms with Crippen molar-refractivity contribution < 1.29 is 4.79 Å². The Labute approximate surface area is 177 Å². The van der Waals surface area contributed by atoms with Crippen LogP contribution in [0.5, 0.6) is 0 Å². The third-order valence-corrected chi connectivity index (χ3v) is 5.62. The molecule has 1 atom stereocenters. The van der Waals surface area contributed by atoms with Gasteiger partial charge in [0.25, 0.3) is 5.91 Å². The number of pyridine rings is 2. The second kappa shape index (κ2) is 9.63. The Morgan fingerprint density at radius 1 is 1.17 bits per heavy atom. The Hall–Kier alpha value is -3.06. The molecular formula is C23H28N6O. The highest BCUT2D eigenvalue weighted by Gasteiger charge is 2.23. The van der Waals surface area contributed by atoms with E-state index in [0.717, 1.165) is 49.6 Å². The Morgan fingerprint density at radius 3 is 2.83 bits per heavy atom. The first-order valence-corrected chi connectivity index (χ1v) is 10.5. The van der Waals surface area contributed by atoms with Gasteiger partial charge < -0.3 is 5.32 Å². The lowest BCUT2D eigenvalue weighted by Gasteiger charge is -2.32. The topological polar surface area (TPSA) is 75.9 Å². The minimum absolute atomic E-state index is 0.0979. The van der Waals surface area contributed by atoms with Crippen LogP contribution in [0.15, 0.2) is 55.0 Å². The number of aryl methyl sites for hydroxylation is 1. The average Bonchev–Trinajstić information content (AvgIpc) is 3.19. The average molecular weight is 405 g/mol. The molecule has 3 aromatic heterocycles. The Bertz CT molecular complexity index is 953. The van der Waals surface area contributed by atoms with E-state index in [4.69, 9.17) is 0 Å². The molecule has 30 heavy (non-hydrogen) atoms. The molecule has 1 aliphatic rings. The number of carbonyl (C=O) groups excluding carboxylic acids is 1. The number of hydrogen-bond acceptors (Lipinski definition) is 5. The maximum atomic E-state index is 12.4. The number of rotatable bonds is 7. The van der Waals surface area contributed by atoms with Crippen molar-refractivity contribution in [3.05, 3.63) is 77.6 Å². The molecule has 0 bridgehead atoms. The summed E-state index contributed by atoms with van der Waals surface area (Å²) in [7, 11) is 0. The first kappa shape index (κ1) is 20.2. The molecule has 7 heteroatoms. The SMILES string of the molecule is Cc1ccnn1CCNC(=O)c1ccc([C@H]2CCCN(Cc3ccccn3)C2)nc1. The molecule has 1 saturated heterocycles. The zero-order valence-electron chi connectivity index (χ0n) is 17.4. The summed E-state index contributed by atoms with van der Waals surface area (Å²) in [5, 5.41) is 7.17. The molecule has 7 nitrogen and oxygen atoms in total. The van der Waals surface area contributed by atoms with E-state index in [2.05, 4.69) is 31.3 Å². The van der Waals surface area contributed by atoms with Gasteiger partial charge in [-0.2, -0.15) is 5.10 Å². The van der Waals surface area contributed by atoms with Crippen molar-refractivity contribution in [1.29, 1.82) is 0 Å². The number of nitrogens with one attached hydrogen (secondary N) is 1.